The van der Waals surface area contributed by atoms with E-state index in [1.54, 1.807) is 12.1 Å². The quantitative estimate of drug-likeness (QED) is 0.823. The van der Waals surface area contributed by atoms with Crippen molar-refractivity contribution in [3.63, 3.8) is 0 Å². The van der Waals surface area contributed by atoms with E-state index >= 15 is 0 Å². The summed E-state index contributed by atoms with van der Waals surface area (Å²) in [4.78, 5) is 11.9. The second-order valence-corrected chi connectivity index (χ2v) is 5.53. The van der Waals surface area contributed by atoms with Gasteiger partial charge in [-0.15, -0.1) is 0 Å². The minimum atomic E-state index is -0.333. The molecule has 0 N–H and O–H groups in total. The first-order chi connectivity index (χ1) is 9.04. The van der Waals surface area contributed by atoms with Gasteiger partial charge < -0.3 is 0 Å². The summed E-state index contributed by atoms with van der Waals surface area (Å²) in [7, 11) is 0. The van der Waals surface area contributed by atoms with Crippen molar-refractivity contribution in [2.24, 2.45) is 0 Å². The molecule has 2 aromatic carbocycles. The number of carbonyl (C=O) groups is 1. The lowest BCUT2D eigenvalue weighted by molar-refractivity contribution is -0.117. The van der Waals surface area contributed by atoms with Crippen LogP contribution >= 0.6 is 15.9 Å². The zero-order chi connectivity index (χ0) is 13.8. The molecule has 0 bridgehead atoms. The van der Waals surface area contributed by atoms with Gasteiger partial charge in [-0.05, 0) is 36.2 Å². The topological polar surface area (TPSA) is 17.1 Å². The number of rotatable bonds is 4. The predicted octanol–water partition coefficient (Wildman–Crippen LogP) is 4.25. The number of hydrogen-bond donors (Lipinski definition) is 0. The summed E-state index contributed by atoms with van der Waals surface area (Å²) in [6, 6.07) is 12.5. The van der Waals surface area contributed by atoms with Crippen LogP contribution in [0, 0.1) is 12.7 Å². The summed E-state index contributed by atoms with van der Waals surface area (Å²) in [6.07, 6.45) is 0.464. The summed E-state index contributed by atoms with van der Waals surface area (Å²) in [6.45, 7) is 2.00. The van der Waals surface area contributed by atoms with Gasteiger partial charge in [0.1, 0.15) is 11.6 Å². The molecule has 0 saturated heterocycles. The van der Waals surface area contributed by atoms with E-state index in [1.165, 1.54) is 6.07 Å². The first-order valence-corrected chi connectivity index (χ1v) is 6.85. The Morgan fingerprint density at radius 3 is 2.47 bits per heavy atom. The first kappa shape index (κ1) is 13.9. The molecule has 0 aliphatic rings. The molecule has 0 fully saturated rings. The van der Waals surface area contributed by atoms with E-state index in [4.69, 9.17) is 0 Å². The molecule has 0 aliphatic carbocycles. The van der Waals surface area contributed by atoms with Crippen LogP contribution in [-0.4, -0.2) is 5.78 Å². The van der Waals surface area contributed by atoms with E-state index < -0.39 is 0 Å². The minimum Gasteiger partial charge on any atom is -0.299 e. The van der Waals surface area contributed by atoms with Crippen molar-refractivity contribution >= 4 is 21.7 Å². The highest BCUT2D eigenvalue weighted by atomic mass is 79.9. The molecule has 19 heavy (non-hydrogen) atoms. The molecule has 1 nitrogen and oxygen atoms in total. The molecule has 0 amide bonds. The van der Waals surface area contributed by atoms with Crippen LogP contribution in [0.2, 0.25) is 0 Å². The lowest BCUT2D eigenvalue weighted by Crippen LogP contribution is -2.08. The molecule has 0 aliphatic heterocycles. The van der Waals surface area contributed by atoms with Crippen molar-refractivity contribution < 1.29 is 9.18 Å². The van der Waals surface area contributed by atoms with Crippen LogP contribution in [0.15, 0.2) is 46.9 Å². The highest BCUT2D eigenvalue weighted by molar-refractivity contribution is 9.10. The Morgan fingerprint density at radius 2 is 1.79 bits per heavy atom. The molecule has 0 atom stereocenters. The highest BCUT2D eigenvalue weighted by Crippen LogP contribution is 2.17. The van der Waals surface area contributed by atoms with Crippen molar-refractivity contribution in [1.29, 1.82) is 0 Å². The number of benzene rings is 2. The van der Waals surface area contributed by atoms with Crippen LogP contribution in [-0.2, 0) is 17.6 Å². The van der Waals surface area contributed by atoms with E-state index in [-0.39, 0.29) is 18.0 Å². The molecule has 0 radical (unpaired) electrons. The third-order valence-corrected chi connectivity index (χ3v) is 3.41. The van der Waals surface area contributed by atoms with Gasteiger partial charge >= 0.3 is 0 Å². The molecule has 0 unspecified atom stereocenters. The van der Waals surface area contributed by atoms with Gasteiger partial charge in [0.15, 0.2) is 0 Å². The molecular weight excluding hydrogens is 307 g/mol. The van der Waals surface area contributed by atoms with E-state index in [2.05, 4.69) is 15.9 Å². The molecule has 3 heteroatoms. The monoisotopic (exact) mass is 320 g/mol. The van der Waals surface area contributed by atoms with Crippen LogP contribution in [0.3, 0.4) is 0 Å². The summed E-state index contributed by atoms with van der Waals surface area (Å²) in [5, 5.41) is 0. The fourth-order valence-electron chi connectivity index (χ4n) is 1.89. The van der Waals surface area contributed by atoms with E-state index in [9.17, 15) is 9.18 Å². The van der Waals surface area contributed by atoms with Gasteiger partial charge in [0, 0.05) is 17.3 Å². The Kier molecular flexibility index (Phi) is 4.48. The SMILES string of the molecule is Cc1ccc(CC(=O)Cc2cc(Br)ccc2F)cc1. The summed E-state index contributed by atoms with van der Waals surface area (Å²) < 4.78 is 14.3. The standard InChI is InChI=1S/C16H14BrFO/c1-11-2-4-12(5-3-11)8-15(19)10-13-9-14(17)6-7-16(13)18/h2-7,9H,8,10H2,1H3. The molecule has 2 rings (SSSR count). The van der Waals surface area contributed by atoms with Crippen molar-refractivity contribution in [3.05, 3.63) is 69.4 Å². The van der Waals surface area contributed by atoms with Gasteiger partial charge in [-0.25, -0.2) is 4.39 Å². The van der Waals surface area contributed by atoms with Crippen LogP contribution in [0.25, 0.3) is 0 Å². The number of Topliss-reactive ketones (excluding diaryl/α,β-unsaturated/α-hetero) is 1. The molecule has 0 heterocycles. The molecule has 0 spiro atoms. The number of carbonyl (C=O) groups excluding carboxylic acids is 1. The fourth-order valence-corrected chi connectivity index (χ4v) is 2.30. The highest BCUT2D eigenvalue weighted by Gasteiger charge is 2.09. The lowest BCUT2D eigenvalue weighted by atomic mass is 10.0. The van der Waals surface area contributed by atoms with E-state index in [0.29, 0.717) is 12.0 Å². The predicted molar refractivity (Wildman–Crippen MR) is 77.7 cm³/mol. The summed E-state index contributed by atoms with van der Waals surface area (Å²) in [5.41, 5.74) is 2.56. The van der Waals surface area contributed by atoms with Crippen LogP contribution < -0.4 is 0 Å². The molecule has 2 aromatic rings. The number of aryl methyl sites for hydroxylation is 1. The largest absolute Gasteiger partial charge is 0.299 e. The average Bonchev–Trinajstić information content (AvgIpc) is 2.37. The van der Waals surface area contributed by atoms with Gasteiger partial charge in [0.2, 0.25) is 0 Å². The normalized spacial score (nSPS) is 10.5. The van der Waals surface area contributed by atoms with Crippen molar-refractivity contribution in [2.45, 2.75) is 19.8 Å². The Morgan fingerprint density at radius 1 is 1.11 bits per heavy atom. The van der Waals surface area contributed by atoms with Gasteiger partial charge in [-0.3, -0.25) is 4.79 Å². The van der Waals surface area contributed by atoms with Gasteiger partial charge in [-0.1, -0.05) is 45.8 Å². The Bertz CT molecular complexity index is 590. The maximum Gasteiger partial charge on any atom is 0.141 e. The zero-order valence-electron chi connectivity index (χ0n) is 10.6. The first-order valence-electron chi connectivity index (χ1n) is 6.06. The fraction of sp³-hybridized carbons (Fsp3) is 0.188. The third kappa shape index (κ3) is 4.00. The second-order valence-electron chi connectivity index (χ2n) is 4.61. The Hall–Kier alpha value is -1.48. The Balaban J connectivity index is 2.05. The Labute approximate surface area is 120 Å². The number of ketones is 1. The smallest absolute Gasteiger partial charge is 0.141 e. The average molecular weight is 321 g/mol. The summed E-state index contributed by atoms with van der Waals surface area (Å²) in [5.74, 6) is -0.318. The number of halogens is 2. The van der Waals surface area contributed by atoms with Crippen LogP contribution in [0.5, 0.6) is 0 Å². The number of hydrogen-bond acceptors (Lipinski definition) is 1. The lowest BCUT2D eigenvalue weighted by Gasteiger charge is -2.04. The van der Waals surface area contributed by atoms with Crippen molar-refractivity contribution in [3.8, 4) is 0 Å². The maximum atomic E-state index is 13.5. The zero-order valence-corrected chi connectivity index (χ0v) is 12.2. The van der Waals surface area contributed by atoms with Gasteiger partial charge in [-0.2, -0.15) is 0 Å². The van der Waals surface area contributed by atoms with Crippen LogP contribution in [0.4, 0.5) is 4.39 Å². The van der Waals surface area contributed by atoms with E-state index in [1.807, 2.05) is 31.2 Å². The molecule has 0 saturated carbocycles. The minimum absolute atomic E-state index is 0.0147. The van der Waals surface area contributed by atoms with Crippen molar-refractivity contribution in [1.82, 2.24) is 0 Å². The second kappa shape index (κ2) is 6.11. The van der Waals surface area contributed by atoms with Gasteiger partial charge in [0.25, 0.3) is 0 Å². The van der Waals surface area contributed by atoms with Crippen molar-refractivity contribution in [2.75, 3.05) is 0 Å². The van der Waals surface area contributed by atoms with Gasteiger partial charge in [0.05, 0.1) is 0 Å². The van der Waals surface area contributed by atoms with E-state index in [0.717, 1.165) is 15.6 Å². The molecular formula is C16H14BrFO. The summed E-state index contributed by atoms with van der Waals surface area (Å²) >= 11 is 3.28. The van der Waals surface area contributed by atoms with Crippen LogP contribution in [0.1, 0.15) is 16.7 Å². The molecule has 0 aromatic heterocycles. The third-order valence-electron chi connectivity index (χ3n) is 2.92. The maximum absolute atomic E-state index is 13.5. The molecule has 98 valence electrons.